The van der Waals surface area contributed by atoms with Crippen molar-refractivity contribution in [2.45, 2.75) is 37.8 Å². The molecule has 114 valence electrons. The van der Waals surface area contributed by atoms with Gasteiger partial charge in [0.2, 0.25) is 0 Å². The molecule has 0 saturated heterocycles. The summed E-state index contributed by atoms with van der Waals surface area (Å²) >= 11 is 7.83. The van der Waals surface area contributed by atoms with Gasteiger partial charge in [0.05, 0.1) is 5.02 Å². The van der Waals surface area contributed by atoms with Crippen LogP contribution < -0.4 is 5.73 Å². The Morgan fingerprint density at radius 3 is 2.81 bits per heavy atom. The monoisotopic (exact) mass is 324 g/mol. The molecule has 0 radical (unpaired) electrons. The Balaban J connectivity index is 1.89. The molecular formula is C15H21ClN4S. The van der Waals surface area contributed by atoms with Gasteiger partial charge in [-0.3, -0.25) is 0 Å². The van der Waals surface area contributed by atoms with Crippen molar-refractivity contribution < 1.29 is 0 Å². The van der Waals surface area contributed by atoms with Crippen molar-refractivity contribution in [1.82, 2.24) is 14.8 Å². The van der Waals surface area contributed by atoms with Crippen LogP contribution in [0.4, 0.5) is 0 Å². The van der Waals surface area contributed by atoms with Crippen LogP contribution in [0.2, 0.25) is 5.02 Å². The second-order valence-corrected chi connectivity index (χ2v) is 6.93. The van der Waals surface area contributed by atoms with Gasteiger partial charge in [-0.25, -0.2) is 9.67 Å². The van der Waals surface area contributed by atoms with Gasteiger partial charge in [-0.05, 0) is 18.1 Å². The van der Waals surface area contributed by atoms with Crippen LogP contribution >= 0.6 is 23.4 Å². The average Bonchev–Trinajstić information content (AvgIpc) is 2.84. The van der Waals surface area contributed by atoms with Crippen LogP contribution in [0.3, 0.4) is 0 Å². The zero-order valence-corrected chi connectivity index (χ0v) is 13.9. The van der Waals surface area contributed by atoms with E-state index in [0.29, 0.717) is 5.92 Å². The van der Waals surface area contributed by atoms with E-state index in [1.165, 1.54) is 0 Å². The summed E-state index contributed by atoms with van der Waals surface area (Å²) < 4.78 is 1.95. The molecule has 0 amide bonds. The van der Waals surface area contributed by atoms with Gasteiger partial charge in [-0.15, -0.1) is 11.8 Å². The number of benzene rings is 1. The van der Waals surface area contributed by atoms with E-state index in [1.807, 2.05) is 28.9 Å². The maximum Gasteiger partial charge on any atom is 0.138 e. The minimum absolute atomic E-state index is 0.0291. The van der Waals surface area contributed by atoms with Crippen LogP contribution in [-0.4, -0.2) is 26.6 Å². The molecule has 21 heavy (non-hydrogen) atoms. The summed E-state index contributed by atoms with van der Waals surface area (Å²) in [7, 11) is 0. The molecule has 4 nitrogen and oxygen atoms in total. The van der Waals surface area contributed by atoms with Gasteiger partial charge in [0.1, 0.15) is 12.2 Å². The maximum absolute atomic E-state index is 6.22. The number of hydrogen-bond acceptors (Lipinski definition) is 4. The fraction of sp³-hybridized carbons (Fsp3) is 0.467. The summed E-state index contributed by atoms with van der Waals surface area (Å²) in [5.41, 5.74) is 6.22. The number of thioether (sulfide) groups is 1. The van der Waals surface area contributed by atoms with Crippen LogP contribution in [-0.2, 0) is 13.0 Å². The molecule has 0 aliphatic rings. The first-order chi connectivity index (χ1) is 10.1. The fourth-order valence-electron chi connectivity index (χ4n) is 2.00. The Kier molecular flexibility index (Phi) is 6.08. The minimum atomic E-state index is 0.0291. The third kappa shape index (κ3) is 5.02. The second kappa shape index (κ2) is 7.82. The molecule has 0 aliphatic heterocycles. The first-order valence-corrected chi connectivity index (χ1v) is 8.42. The van der Waals surface area contributed by atoms with E-state index in [9.17, 15) is 0 Å². The van der Waals surface area contributed by atoms with Gasteiger partial charge in [0.15, 0.2) is 0 Å². The van der Waals surface area contributed by atoms with Crippen LogP contribution in [0.1, 0.15) is 19.7 Å². The van der Waals surface area contributed by atoms with Gasteiger partial charge in [0.25, 0.3) is 0 Å². The quantitative estimate of drug-likeness (QED) is 0.794. The topological polar surface area (TPSA) is 56.7 Å². The van der Waals surface area contributed by atoms with Crippen molar-refractivity contribution >= 4 is 23.4 Å². The highest BCUT2D eigenvalue weighted by Crippen LogP contribution is 2.27. The summed E-state index contributed by atoms with van der Waals surface area (Å²) in [6.45, 7) is 5.21. The van der Waals surface area contributed by atoms with E-state index in [4.69, 9.17) is 17.3 Å². The summed E-state index contributed by atoms with van der Waals surface area (Å²) in [6, 6.07) is 7.86. The smallest absolute Gasteiger partial charge is 0.138 e. The van der Waals surface area contributed by atoms with Crippen molar-refractivity contribution in [1.29, 1.82) is 0 Å². The molecule has 1 heterocycles. The van der Waals surface area contributed by atoms with Gasteiger partial charge in [-0.1, -0.05) is 37.6 Å². The number of nitrogens with zero attached hydrogens (tertiary/aromatic N) is 3. The largest absolute Gasteiger partial charge is 0.327 e. The highest BCUT2D eigenvalue weighted by molar-refractivity contribution is 7.99. The average molecular weight is 325 g/mol. The molecule has 0 spiro atoms. The summed E-state index contributed by atoms with van der Waals surface area (Å²) in [5, 5.41) is 5.04. The van der Waals surface area contributed by atoms with E-state index in [2.05, 4.69) is 23.9 Å². The standard InChI is InChI=1S/C15H21ClN4S/c1-11(2)8-20-15(18-10-19-20)7-12(17)9-21-14-6-4-3-5-13(14)16/h3-6,10-12H,7-9,17H2,1-2H3. The molecule has 2 N–H and O–H groups in total. The Hall–Kier alpha value is -1.04. The number of aromatic nitrogens is 3. The molecule has 0 aliphatic carbocycles. The molecule has 1 atom stereocenters. The molecule has 2 rings (SSSR count). The van der Waals surface area contributed by atoms with E-state index >= 15 is 0 Å². The fourth-order valence-corrected chi connectivity index (χ4v) is 3.19. The van der Waals surface area contributed by atoms with Gasteiger partial charge in [-0.2, -0.15) is 5.10 Å². The summed E-state index contributed by atoms with van der Waals surface area (Å²) in [5.74, 6) is 2.30. The molecule has 1 aromatic heterocycles. The normalized spacial score (nSPS) is 12.8. The zero-order valence-electron chi connectivity index (χ0n) is 12.4. The highest BCUT2D eigenvalue weighted by atomic mass is 35.5. The third-order valence-corrected chi connectivity index (χ3v) is 4.67. The van der Waals surface area contributed by atoms with Crippen molar-refractivity contribution in [2.75, 3.05) is 5.75 Å². The molecule has 0 bridgehead atoms. The van der Waals surface area contributed by atoms with Gasteiger partial charge < -0.3 is 5.73 Å². The summed E-state index contributed by atoms with van der Waals surface area (Å²) in [4.78, 5) is 5.39. The Bertz CT molecular complexity index is 570. The predicted molar refractivity (Wildman–Crippen MR) is 88.7 cm³/mol. The second-order valence-electron chi connectivity index (χ2n) is 5.46. The minimum Gasteiger partial charge on any atom is -0.327 e. The molecule has 0 fully saturated rings. The van der Waals surface area contributed by atoms with Gasteiger partial charge in [0, 0.05) is 29.7 Å². The predicted octanol–water partition coefficient (Wildman–Crippen LogP) is 3.25. The molecule has 2 aromatic rings. The number of halogens is 1. The maximum atomic E-state index is 6.22. The van der Waals surface area contributed by atoms with Crippen molar-refractivity contribution in [3.63, 3.8) is 0 Å². The van der Waals surface area contributed by atoms with Crippen molar-refractivity contribution in [3.8, 4) is 0 Å². The lowest BCUT2D eigenvalue weighted by molar-refractivity contribution is 0.461. The molecule has 1 unspecified atom stereocenters. The van der Waals surface area contributed by atoms with Crippen LogP contribution in [0.5, 0.6) is 0 Å². The third-order valence-electron chi connectivity index (χ3n) is 2.97. The SMILES string of the molecule is CC(C)Cn1ncnc1CC(N)CSc1ccccc1Cl. The van der Waals surface area contributed by atoms with E-state index in [0.717, 1.165) is 34.5 Å². The van der Waals surface area contributed by atoms with Crippen molar-refractivity contribution in [3.05, 3.63) is 41.4 Å². The van der Waals surface area contributed by atoms with E-state index in [1.54, 1.807) is 18.1 Å². The number of nitrogens with two attached hydrogens (primary N) is 1. The molecule has 1 aromatic carbocycles. The van der Waals surface area contributed by atoms with Crippen LogP contribution in [0.15, 0.2) is 35.5 Å². The first-order valence-electron chi connectivity index (χ1n) is 7.06. The lowest BCUT2D eigenvalue weighted by Gasteiger charge is -2.13. The molecular weight excluding hydrogens is 304 g/mol. The lowest BCUT2D eigenvalue weighted by Crippen LogP contribution is -2.27. The molecule has 0 saturated carbocycles. The van der Waals surface area contributed by atoms with E-state index in [-0.39, 0.29) is 6.04 Å². The van der Waals surface area contributed by atoms with E-state index < -0.39 is 0 Å². The number of hydrogen-bond donors (Lipinski definition) is 1. The molecule has 6 heteroatoms. The Morgan fingerprint density at radius 2 is 2.10 bits per heavy atom. The zero-order chi connectivity index (χ0) is 15.2. The highest BCUT2D eigenvalue weighted by Gasteiger charge is 2.12. The summed E-state index contributed by atoms with van der Waals surface area (Å²) in [6.07, 6.45) is 2.33. The van der Waals surface area contributed by atoms with Crippen LogP contribution in [0.25, 0.3) is 0 Å². The first kappa shape index (κ1) is 16.3. The van der Waals surface area contributed by atoms with Crippen LogP contribution in [0, 0.1) is 5.92 Å². The Morgan fingerprint density at radius 1 is 1.33 bits per heavy atom. The van der Waals surface area contributed by atoms with Gasteiger partial charge >= 0.3 is 0 Å². The number of rotatable bonds is 7. The lowest BCUT2D eigenvalue weighted by atomic mass is 10.2. The Labute approximate surface area is 135 Å². The van der Waals surface area contributed by atoms with Crippen molar-refractivity contribution in [2.24, 2.45) is 11.7 Å².